The van der Waals surface area contributed by atoms with Crippen molar-refractivity contribution >= 4 is 96.5 Å². The number of nitrogens with zero attached hydrogens (tertiary/aromatic N) is 9. The standard InChI is InChI=1S/C16H15N5O6.C7H3ClN2O2.C7H6N4O2.C7H4N2O3.CH5N/c22-13(5-7-26-8-6-21-14(23)3-4-15(21)24)17-18-16(25)10-1-2-11-12(9-10)20-27-19-11;8-7(11)4-1-2-5-6(3-4)10-12-9-5;8-9-7(12)4-1-2-5-6(3-4)11-13-10-5;10-7(11)4-1-2-5-6(3-4)9-12-8-5;1-2/h1-4,9H,5-8H2,(H,17,22)(H,18,25);1-3H;1-3H,8H2,(H,9,12);1-3H,(H,10,11);2H2,1H3. The second-order valence-corrected chi connectivity index (χ2v) is 12.8. The number of halogens is 1. The van der Waals surface area contributed by atoms with E-state index in [1.165, 1.54) is 49.5 Å². The third-order valence-corrected chi connectivity index (χ3v) is 8.51. The van der Waals surface area contributed by atoms with E-state index in [1.54, 1.807) is 42.5 Å². The number of carboxylic acids is 1. The predicted molar refractivity (Wildman–Crippen MR) is 223 cm³/mol. The molecule has 8 N–H and O–H groups in total. The van der Waals surface area contributed by atoms with Gasteiger partial charge in [0.15, 0.2) is 0 Å². The normalized spacial score (nSPS) is 11.4. The van der Waals surface area contributed by atoms with E-state index in [4.69, 9.17) is 27.3 Å². The smallest absolute Gasteiger partial charge is 0.335 e. The number of fused-ring (bicyclic) bond motifs is 4. The van der Waals surface area contributed by atoms with Crippen molar-refractivity contribution in [2.24, 2.45) is 11.6 Å². The van der Waals surface area contributed by atoms with Gasteiger partial charge < -0.3 is 15.6 Å². The fraction of sp³-hybridized carbons (Fsp3) is 0.132. The molecule has 9 rings (SSSR count). The molecule has 0 saturated carbocycles. The summed E-state index contributed by atoms with van der Waals surface area (Å²) in [6.45, 7) is 0.300. The van der Waals surface area contributed by atoms with Gasteiger partial charge >= 0.3 is 5.97 Å². The van der Waals surface area contributed by atoms with Gasteiger partial charge in [-0.2, -0.15) is 0 Å². The highest BCUT2D eigenvalue weighted by Gasteiger charge is 2.22. The Hall–Kier alpha value is -8.92. The number of hydrogen-bond donors (Lipinski definition) is 6. The molecule has 0 bridgehead atoms. The van der Waals surface area contributed by atoms with Gasteiger partial charge in [-0.1, -0.05) is 0 Å². The van der Waals surface area contributed by atoms with E-state index in [0.717, 1.165) is 4.90 Å². The van der Waals surface area contributed by atoms with E-state index in [1.807, 2.05) is 5.43 Å². The number of aromatic nitrogens is 8. The van der Waals surface area contributed by atoms with Crippen molar-refractivity contribution < 1.29 is 61.9 Å². The molecular weight excluding hydrogens is 896 g/mol. The molecule has 66 heavy (non-hydrogen) atoms. The van der Waals surface area contributed by atoms with Crippen molar-refractivity contribution in [2.75, 3.05) is 26.8 Å². The van der Waals surface area contributed by atoms with E-state index in [0.29, 0.717) is 55.3 Å². The third-order valence-electron chi connectivity index (χ3n) is 8.29. The van der Waals surface area contributed by atoms with Crippen LogP contribution < -0.4 is 27.9 Å². The second-order valence-electron chi connectivity index (χ2n) is 12.4. The van der Waals surface area contributed by atoms with Crippen LogP contribution in [-0.4, -0.2) is 119 Å². The van der Waals surface area contributed by atoms with Crippen LogP contribution in [0.1, 0.15) is 47.9 Å². The maximum Gasteiger partial charge on any atom is 0.335 e. The molecule has 1 aliphatic rings. The molecule has 8 aromatic rings. The second kappa shape index (κ2) is 23.5. The molecule has 0 fully saturated rings. The first-order chi connectivity index (χ1) is 31.9. The zero-order valence-electron chi connectivity index (χ0n) is 33.8. The topological polar surface area (TPSA) is 396 Å². The minimum absolute atomic E-state index is 0.00728. The number of hydrogen-bond acceptors (Lipinski definition) is 22. The van der Waals surface area contributed by atoms with Crippen LogP contribution in [0.25, 0.3) is 44.1 Å². The van der Waals surface area contributed by atoms with Crippen LogP contribution in [0.5, 0.6) is 0 Å². The fourth-order valence-corrected chi connectivity index (χ4v) is 5.20. The summed E-state index contributed by atoms with van der Waals surface area (Å²) in [5, 5.41) is 36.7. The van der Waals surface area contributed by atoms with Crippen LogP contribution >= 0.6 is 11.6 Å². The number of aromatic carboxylic acids is 1. The number of hydrazine groups is 2. The molecule has 0 spiro atoms. The molecule has 4 aromatic heterocycles. The highest BCUT2D eigenvalue weighted by molar-refractivity contribution is 6.67. The number of carbonyl (C=O) groups excluding carboxylic acids is 6. The Morgan fingerprint density at radius 3 is 1.42 bits per heavy atom. The summed E-state index contributed by atoms with van der Waals surface area (Å²) in [4.78, 5) is 79.6. The van der Waals surface area contributed by atoms with E-state index in [2.05, 4.69) is 76.4 Å². The summed E-state index contributed by atoms with van der Waals surface area (Å²) in [5.74, 6) is 1.86. The van der Waals surface area contributed by atoms with E-state index < -0.39 is 23.0 Å². The van der Waals surface area contributed by atoms with Crippen molar-refractivity contribution in [3.05, 3.63) is 107 Å². The minimum Gasteiger partial charge on any atom is -0.478 e. The lowest BCUT2D eigenvalue weighted by atomic mass is 10.2. The predicted octanol–water partition coefficient (Wildman–Crippen LogP) is 1.24. The number of ether oxygens (including phenoxy) is 1. The fourth-order valence-electron chi connectivity index (χ4n) is 5.09. The zero-order valence-corrected chi connectivity index (χ0v) is 34.6. The highest BCUT2D eigenvalue weighted by Crippen LogP contribution is 2.15. The SMILES string of the molecule is CN.NNC(=O)c1ccc2nonc2c1.O=C(CCOCCN1C(=O)C=CC1=O)NNC(=O)c1ccc2nonc2c1.O=C(Cl)c1ccc2nonc2c1.O=C(O)c1ccc2nonc2c1. The van der Waals surface area contributed by atoms with Crippen LogP contribution in [0.3, 0.4) is 0 Å². The number of rotatable bonds is 10. The number of benzene rings is 4. The maximum absolute atomic E-state index is 12.0. The molecule has 28 heteroatoms. The molecule has 5 heterocycles. The molecule has 1 aliphatic heterocycles. The van der Waals surface area contributed by atoms with Gasteiger partial charge in [0, 0.05) is 28.8 Å². The van der Waals surface area contributed by atoms with E-state index in [-0.39, 0.29) is 55.0 Å². The molecule has 4 aromatic carbocycles. The van der Waals surface area contributed by atoms with Gasteiger partial charge in [0.25, 0.3) is 28.9 Å². The Morgan fingerprint density at radius 2 is 0.985 bits per heavy atom. The molecule has 0 atom stereocenters. The molecule has 0 unspecified atom stereocenters. The Bertz CT molecular complexity index is 2940. The molecular formula is C38H33ClN14O13. The van der Waals surface area contributed by atoms with E-state index >= 15 is 0 Å². The van der Waals surface area contributed by atoms with Crippen LogP contribution in [0.15, 0.2) is 103 Å². The zero-order chi connectivity index (χ0) is 47.6. The average molecular weight is 929 g/mol. The minimum atomic E-state index is -0.986. The summed E-state index contributed by atoms with van der Waals surface area (Å²) in [7, 11) is 1.50. The van der Waals surface area contributed by atoms with Crippen molar-refractivity contribution in [3.8, 4) is 0 Å². The first-order valence-electron chi connectivity index (χ1n) is 18.5. The van der Waals surface area contributed by atoms with Gasteiger partial charge in [-0.3, -0.25) is 49.9 Å². The molecule has 27 nitrogen and oxygen atoms in total. The van der Waals surface area contributed by atoms with Gasteiger partial charge in [-0.15, -0.1) is 0 Å². The Kier molecular flexibility index (Phi) is 17.1. The van der Waals surface area contributed by atoms with Gasteiger partial charge in [0.2, 0.25) is 5.91 Å². The van der Waals surface area contributed by atoms with Crippen molar-refractivity contribution in [2.45, 2.75) is 6.42 Å². The van der Waals surface area contributed by atoms with Crippen molar-refractivity contribution in [1.82, 2.24) is 62.4 Å². The highest BCUT2D eigenvalue weighted by atomic mass is 35.5. The lowest BCUT2D eigenvalue weighted by molar-refractivity contribution is -0.138. The Labute approximate surface area is 372 Å². The summed E-state index contributed by atoms with van der Waals surface area (Å²) >= 11 is 5.25. The molecule has 0 radical (unpaired) electrons. The van der Waals surface area contributed by atoms with Crippen LogP contribution in [-0.2, 0) is 19.1 Å². The first-order valence-corrected chi connectivity index (χ1v) is 18.9. The van der Waals surface area contributed by atoms with Gasteiger partial charge in [-0.25, -0.2) is 29.2 Å². The van der Waals surface area contributed by atoms with Gasteiger partial charge in [0.05, 0.1) is 31.7 Å². The Balaban J connectivity index is 0.000000176. The largest absolute Gasteiger partial charge is 0.478 e. The van der Waals surface area contributed by atoms with Crippen LogP contribution in [0.2, 0.25) is 0 Å². The summed E-state index contributed by atoms with van der Waals surface area (Å²) in [6.07, 6.45) is 2.37. The van der Waals surface area contributed by atoms with Gasteiger partial charge in [-0.05, 0) is 133 Å². The lowest BCUT2D eigenvalue weighted by Gasteiger charge is -2.13. The Morgan fingerprint density at radius 1 is 0.591 bits per heavy atom. The number of imide groups is 1. The van der Waals surface area contributed by atoms with Crippen LogP contribution in [0, 0.1) is 0 Å². The number of nitrogens with two attached hydrogens (primary N) is 2. The molecule has 340 valence electrons. The summed E-state index contributed by atoms with van der Waals surface area (Å²) < 4.78 is 23.1. The monoisotopic (exact) mass is 928 g/mol. The van der Waals surface area contributed by atoms with Crippen molar-refractivity contribution in [1.29, 1.82) is 0 Å². The number of nitrogens with one attached hydrogen (secondary N) is 3. The number of carboxylic acid groups (broad SMARTS) is 1. The number of nitrogen functional groups attached to an aromatic ring is 1. The number of amides is 5. The summed E-state index contributed by atoms with van der Waals surface area (Å²) in [6, 6.07) is 18.5. The van der Waals surface area contributed by atoms with Crippen molar-refractivity contribution in [3.63, 3.8) is 0 Å². The molecule has 0 saturated heterocycles. The third kappa shape index (κ3) is 13.1. The van der Waals surface area contributed by atoms with E-state index in [9.17, 15) is 33.6 Å². The van der Waals surface area contributed by atoms with Crippen LogP contribution in [0.4, 0.5) is 0 Å². The lowest BCUT2D eigenvalue weighted by Crippen LogP contribution is -2.42. The van der Waals surface area contributed by atoms with Gasteiger partial charge in [0.1, 0.15) is 44.1 Å². The quantitative estimate of drug-likeness (QED) is 0.0280. The molecule has 0 aliphatic carbocycles. The summed E-state index contributed by atoms with van der Waals surface area (Å²) in [5.41, 5.74) is 16.5. The molecule has 5 amide bonds. The average Bonchev–Trinajstić information content (AvgIpc) is 4.20. The first kappa shape index (κ1) is 48.1. The maximum atomic E-state index is 12.0. The number of carbonyl (C=O) groups is 7.